The monoisotopic (exact) mass is 567 g/mol. The quantitative estimate of drug-likeness (QED) is 0.304. The van der Waals surface area contributed by atoms with Crippen LogP contribution in [0.2, 0.25) is 0 Å². The second kappa shape index (κ2) is 11.3. The number of carbonyl (C=O) groups is 2. The van der Waals surface area contributed by atoms with Gasteiger partial charge in [0.05, 0.1) is 35.3 Å². The van der Waals surface area contributed by atoms with Gasteiger partial charge in [-0.1, -0.05) is 36.4 Å². The molecule has 210 valence electrons. The molecule has 8 heteroatoms. The number of ether oxygens (including phenoxy) is 1. The molecule has 5 rings (SSSR count). The highest BCUT2D eigenvalue weighted by molar-refractivity contribution is 8.18. The van der Waals surface area contributed by atoms with Gasteiger partial charge in [0.2, 0.25) is 0 Å². The molecule has 1 N–H and O–H groups in total. The first-order valence-electron chi connectivity index (χ1n) is 13.5. The van der Waals surface area contributed by atoms with Crippen LogP contribution in [-0.4, -0.2) is 46.2 Å². The number of amides is 1. The van der Waals surface area contributed by atoms with E-state index in [1.54, 1.807) is 36.3 Å². The van der Waals surface area contributed by atoms with E-state index in [0.29, 0.717) is 15.8 Å². The number of hydrogen-bond donors (Lipinski definition) is 1. The smallest absolute Gasteiger partial charge is 0.335 e. The Morgan fingerprint density at radius 2 is 1.80 bits per heavy atom. The maximum Gasteiger partial charge on any atom is 0.335 e. The summed E-state index contributed by atoms with van der Waals surface area (Å²) < 4.78 is 5.83. The third kappa shape index (κ3) is 5.65. The molecule has 7 nitrogen and oxygen atoms in total. The Kier molecular flexibility index (Phi) is 7.78. The van der Waals surface area contributed by atoms with Crippen LogP contribution in [0.15, 0.2) is 82.7 Å². The summed E-state index contributed by atoms with van der Waals surface area (Å²) >= 11 is 1.32. The first-order chi connectivity index (χ1) is 19.6. The van der Waals surface area contributed by atoms with Crippen molar-refractivity contribution in [1.29, 1.82) is 0 Å². The van der Waals surface area contributed by atoms with Crippen molar-refractivity contribution in [3.8, 4) is 5.75 Å². The van der Waals surface area contributed by atoms with Crippen LogP contribution in [-0.2, 0) is 11.3 Å². The molecule has 1 amide bonds. The average molecular weight is 568 g/mol. The summed E-state index contributed by atoms with van der Waals surface area (Å²) in [5, 5.41) is 9.82. The molecule has 41 heavy (non-hydrogen) atoms. The second-order valence-corrected chi connectivity index (χ2v) is 11.6. The highest BCUT2D eigenvalue weighted by Crippen LogP contribution is 2.44. The molecule has 1 saturated heterocycles. The number of aromatic carboxylic acids is 1. The lowest BCUT2D eigenvalue weighted by molar-refractivity contribution is -0.122. The standard InChI is InChI=1S/C33H33N3O4S/c1-6-36-27-18-28(40-5)24(16-26(27)21(2)19-33(36,3)4)17-29-30(37)35(20-22-12-14-23(15-13-22)31(38)39)32(41-29)34-25-10-8-7-9-11-25/h7-19H,6,20H2,1-5H3,(H,38,39)/b29-17+,34-32?. The third-order valence-corrected chi connectivity index (χ3v) is 8.35. The number of benzene rings is 3. The molecule has 0 saturated carbocycles. The number of amidine groups is 1. The average Bonchev–Trinajstić information content (AvgIpc) is 3.22. The Balaban J connectivity index is 1.55. The summed E-state index contributed by atoms with van der Waals surface area (Å²) in [5.74, 6) is -0.469. The van der Waals surface area contributed by atoms with Crippen LogP contribution in [0.1, 0.15) is 54.7 Å². The normalized spacial score (nSPS) is 18.1. The Morgan fingerprint density at radius 1 is 1.10 bits per heavy atom. The number of carboxylic acid groups (broad SMARTS) is 1. The lowest BCUT2D eigenvalue weighted by Gasteiger charge is -2.43. The Morgan fingerprint density at radius 3 is 2.44 bits per heavy atom. The van der Waals surface area contributed by atoms with E-state index in [0.717, 1.165) is 34.6 Å². The van der Waals surface area contributed by atoms with Gasteiger partial charge in [-0.3, -0.25) is 9.69 Å². The highest BCUT2D eigenvalue weighted by atomic mass is 32.2. The molecular formula is C33H33N3O4S. The number of aliphatic imine (C=N–C) groups is 1. The maximum absolute atomic E-state index is 13.8. The Bertz CT molecular complexity index is 1590. The fourth-order valence-electron chi connectivity index (χ4n) is 5.41. The van der Waals surface area contributed by atoms with Gasteiger partial charge in [0.1, 0.15) is 5.75 Å². The molecule has 1 fully saturated rings. The van der Waals surface area contributed by atoms with E-state index in [1.807, 2.05) is 36.4 Å². The van der Waals surface area contributed by atoms with E-state index in [1.165, 1.54) is 17.3 Å². The number of para-hydroxylation sites is 1. The number of anilines is 1. The first kappa shape index (κ1) is 28.2. The largest absolute Gasteiger partial charge is 0.496 e. The van der Waals surface area contributed by atoms with Crippen LogP contribution >= 0.6 is 11.8 Å². The van der Waals surface area contributed by atoms with Gasteiger partial charge < -0.3 is 14.7 Å². The molecule has 2 aliphatic rings. The number of rotatable bonds is 7. The number of nitrogens with zero attached hydrogens (tertiary/aromatic N) is 3. The van der Waals surface area contributed by atoms with E-state index in [-0.39, 0.29) is 23.6 Å². The number of thioether (sulfide) groups is 1. The summed E-state index contributed by atoms with van der Waals surface area (Å²) in [6.45, 7) is 9.79. The van der Waals surface area contributed by atoms with Crippen LogP contribution < -0.4 is 9.64 Å². The van der Waals surface area contributed by atoms with E-state index in [9.17, 15) is 14.7 Å². The minimum atomic E-state index is -0.990. The van der Waals surface area contributed by atoms with Gasteiger partial charge in [-0.05, 0) is 87.0 Å². The van der Waals surface area contributed by atoms with Gasteiger partial charge >= 0.3 is 5.97 Å². The molecule has 0 bridgehead atoms. The number of allylic oxidation sites excluding steroid dienone is 1. The molecule has 3 aromatic carbocycles. The third-order valence-electron chi connectivity index (χ3n) is 7.34. The fourth-order valence-corrected chi connectivity index (χ4v) is 6.40. The Hall–Kier alpha value is -4.30. The van der Waals surface area contributed by atoms with Crippen molar-refractivity contribution >= 4 is 51.8 Å². The number of carboxylic acids is 1. The topological polar surface area (TPSA) is 82.4 Å². The zero-order valence-corrected chi connectivity index (χ0v) is 24.7. The Labute approximate surface area is 244 Å². The molecule has 0 atom stereocenters. The van der Waals surface area contributed by atoms with E-state index >= 15 is 0 Å². The fraction of sp³-hybridized carbons (Fsp3) is 0.242. The van der Waals surface area contributed by atoms with Crippen molar-refractivity contribution in [1.82, 2.24) is 4.90 Å². The van der Waals surface area contributed by atoms with Gasteiger partial charge in [0.15, 0.2) is 5.17 Å². The summed E-state index contributed by atoms with van der Waals surface area (Å²) in [5.41, 5.74) is 5.84. The summed E-state index contributed by atoms with van der Waals surface area (Å²) in [4.78, 5) is 34.4. The molecular weight excluding hydrogens is 534 g/mol. The molecule has 0 aromatic heterocycles. The lowest BCUT2D eigenvalue weighted by atomic mass is 9.87. The summed E-state index contributed by atoms with van der Waals surface area (Å²) in [6, 6.07) is 20.2. The minimum absolute atomic E-state index is 0.125. The van der Waals surface area contributed by atoms with Crippen LogP contribution in [0.25, 0.3) is 11.6 Å². The minimum Gasteiger partial charge on any atom is -0.496 e. The van der Waals surface area contributed by atoms with Gasteiger partial charge in [-0.15, -0.1) is 0 Å². The SMILES string of the molecule is CCN1c2cc(OC)c(/C=C3/SC(=Nc4ccccc4)N(Cc4ccc(C(=O)O)cc4)C3=O)cc2C(C)=CC1(C)C. The molecule has 0 radical (unpaired) electrons. The lowest BCUT2D eigenvalue weighted by Crippen LogP contribution is -2.44. The number of likely N-dealkylation sites (N-methyl/N-ethyl adjacent to an activating group) is 1. The zero-order valence-electron chi connectivity index (χ0n) is 23.8. The molecule has 3 aromatic rings. The van der Waals surface area contributed by atoms with Gasteiger partial charge in [-0.2, -0.15) is 0 Å². The predicted molar refractivity (Wildman–Crippen MR) is 167 cm³/mol. The van der Waals surface area contributed by atoms with E-state index in [2.05, 4.69) is 50.8 Å². The van der Waals surface area contributed by atoms with Gasteiger partial charge in [-0.25, -0.2) is 9.79 Å². The van der Waals surface area contributed by atoms with Crippen molar-refractivity contribution in [2.24, 2.45) is 4.99 Å². The van der Waals surface area contributed by atoms with Crippen LogP contribution in [0.3, 0.4) is 0 Å². The molecule has 0 aliphatic carbocycles. The number of hydrogen-bond acceptors (Lipinski definition) is 6. The van der Waals surface area contributed by atoms with Crippen LogP contribution in [0.5, 0.6) is 5.75 Å². The van der Waals surface area contributed by atoms with Crippen LogP contribution in [0, 0.1) is 0 Å². The van der Waals surface area contributed by atoms with Gasteiger partial charge in [0, 0.05) is 29.4 Å². The number of fused-ring (bicyclic) bond motifs is 1. The second-order valence-electron chi connectivity index (χ2n) is 10.6. The van der Waals surface area contributed by atoms with E-state index in [4.69, 9.17) is 9.73 Å². The molecule has 2 aliphatic heterocycles. The first-order valence-corrected chi connectivity index (χ1v) is 14.3. The van der Waals surface area contributed by atoms with Crippen molar-refractivity contribution < 1.29 is 19.4 Å². The number of carbonyl (C=O) groups excluding carboxylic acids is 1. The van der Waals surface area contributed by atoms with Crippen molar-refractivity contribution in [3.63, 3.8) is 0 Å². The maximum atomic E-state index is 13.8. The van der Waals surface area contributed by atoms with Crippen molar-refractivity contribution in [2.45, 2.75) is 39.8 Å². The van der Waals surface area contributed by atoms with E-state index < -0.39 is 5.97 Å². The van der Waals surface area contributed by atoms with Crippen molar-refractivity contribution in [3.05, 3.63) is 100.0 Å². The van der Waals surface area contributed by atoms with Crippen LogP contribution in [0.4, 0.5) is 11.4 Å². The summed E-state index contributed by atoms with van der Waals surface area (Å²) in [6.07, 6.45) is 4.16. The highest BCUT2D eigenvalue weighted by Gasteiger charge is 2.35. The summed E-state index contributed by atoms with van der Waals surface area (Å²) in [7, 11) is 1.65. The molecule has 0 spiro atoms. The zero-order chi connectivity index (χ0) is 29.3. The van der Waals surface area contributed by atoms with Crippen molar-refractivity contribution in [2.75, 3.05) is 18.6 Å². The molecule has 2 heterocycles. The molecule has 0 unspecified atom stereocenters. The number of methoxy groups -OCH3 is 1. The predicted octanol–water partition coefficient (Wildman–Crippen LogP) is 7.22. The van der Waals surface area contributed by atoms with Gasteiger partial charge in [0.25, 0.3) is 5.91 Å².